The van der Waals surface area contributed by atoms with Crippen molar-refractivity contribution in [2.24, 2.45) is 0 Å². The predicted molar refractivity (Wildman–Crippen MR) is 472 cm³/mol. The standard InChI is InChI=1S/C22H19N5O2.2C18H15N5O2.C17H17ClN8O.C16H13N5O2/c1-15(16-7-3-2-4-8-16)29-20-11-10-17(13-24-20)22(28)27-19-14-25-21(26-19)18-9-5-6-12-23-18;1-12(25-14-6-4-5-13(9-14)11-19)16(24)10-17-21-18(23-22-17)15-7-2-3-8-20-15;1-12(25-16-8-3-2-6-13(16)11-19)15(24)10-17-21-18(23-22-17)14-7-4-5-9-20-14;18-11-10-20-17(26-8-4-1-5-9-26)21-13(11)15(27)23-16-22-14(24-25-16)12-6-2-3-7-19-12;22-15(13-9-10-5-1-2-7-12(10)23-13)19-16-18-14(20-21-16)11-6-3-4-8-17-11/h2-15H,1H3,(H,25,26)(H,27,28);2*2-9,12H,10H2,1H3,(H,21,22,23);2-3,6-7,10H,1,4-5,8-9H2,(H2,22,23,24,25,27);1-8,13H,9H2,(H2,18,19,20,21,22). The van der Waals surface area contributed by atoms with Crippen molar-refractivity contribution in [1.82, 2.24) is 111 Å². The van der Waals surface area contributed by atoms with Crippen LogP contribution in [0.4, 0.5) is 23.7 Å². The maximum Gasteiger partial charge on any atom is 0.278 e. The summed E-state index contributed by atoms with van der Waals surface area (Å²) in [4.78, 5) is 122. The number of nitriles is 2. The van der Waals surface area contributed by atoms with Crippen molar-refractivity contribution < 1.29 is 42.9 Å². The number of anilines is 4. The number of hydrogen-bond acceptors (Lipinski definition) is 29. The summed E-state index contributed by atoms with van der Waals surface area (Å²) in [6, 6.07) is 65.7. The van der Waals surface area contributed by atoms with Crippen molar-refractivity contribution in [2.75, 3.05) is 33.9 Å². The van der Waals surface area contributed by atoms with E-state index in [9.17, 15) is 24.0 Å². The van der Waals surface area contributed by atoms with Gasteiger partial charge in [-0.05, 0) is 154 Å². The number of H-pyrrole nitrogens is 5. The number of hydrogen-bond donors (Lipinski definition) is 8. The number of nitrogens with one attached hydrogen (secondary N) is 8. The molecule has 2 aliphatic rings. The molecule has 16 aromatic rings. The molecule has 8 N–H and O–H groups in total. The van der Waals surface area contributed by atoms with E-state index in [-0.39, 0.29) is 64.9 Å². The Balaban J connectivity index is 0.000000131. The molecule has 1 saturated heterocycles. The molecule has 3 amide bonds. The van der Waals surface area contributed by atoms with Gasteiger partial charge in [-0.2, -0.15) is 30.7 Å². The lowest BCUT2D eigenvalue weighted by atomic mass is 10.1. The van der Waals surface area contributed by atoms with Crippen LogP contribution >= 0.6 is 11.6 Å². The number of pyridine rings is 6. The summed E-state index contributed by atoms with van der Waals surface area (Å²) < 4.78 is 22.7. The molecule has 4 aromatic carbocycles. The molecule has 129 heavy (non-hydrogen) atoms. The average molecular weight is 1740 g/mol. The van der Waals surface area contributed by atoms with Crippen LogP contribution in [0.5, 0.6) is 23.1 Å². The van der Waals surface area contributed by atoms with Crippen molar-refractivity contribution in [2.45, 2.75) is 83.7 Å². The second kappa shape index (κ2) is 43.6. The number of nitrogens with zero attached hydrogens (tertiary/aromatic N) is 20. The molecule has 38 heteroatoms. The van der Waals surface area contributed by atoms with Gasteiger partial charge in [-0.25, -0.2) is 29.9 Å². The third-order valence-electron chi connectivity index (χ3n) is 19.1. The van der Waals surface area contributed by atoms with Gasteiger partial charge in [-0.1, -0.05) is 109 Å². The van der Waals surface area contributed by atoms with E-state index < -0.39 is 24.2 Å². The Bertz CT molecular complexity index is 6490. The molecule has 0 radical (unpaired) electrons. The first kappa shape index (κ1) is 88.0. The summed E-state index contributed by atoms with van der Waals surface area (Å²) in [5.74, 6) is 5.30. The summed E-state index contributed by atoms with van der Waals surface area (Å²) in [5.41, 5.74) is 6.70. The number of Topliss-reactive ketones (excluding diaryl/α,β-unsaturated/α-hetero) is 2. The summed E-state index contributed by atoms with van der Waals surface area (Å²) >= 11 is 6.13. The van der Waals surface area contributed by atoms with Gasteiger partial charge in [0.05, 0.1) is 53.0 Å². The molecule has 18 rings (SSSR count). The number of aromatic amines is 5. The number of piperidine rings is 1. The highest BCUT2D eigenvalue weighted by molar-refractivity contribution is 6.34. The van der Waals surface area contributed by atoms with Crippen molar-refractivity contribution >= 4 is 64.6 Å². The van der Waals surface area contributed by atoms with E-state index in [1.54, 1.807) is 148 Å². The number of carbonyl (C=O) groups excluding carboxylic acids is 5. The Morgan fingerprint density at radius 2 is 1.07 bits per heavy atom. The average Bonchev–Trinajstić information content (AvgIpc) is 1.38. The lowest BCUT2D eigenvalue weighted by Gasteiger charge is -2.26. The fourth-order valence-electron chi connectivity index (χ4n) is 12.5. The Labute approximate surface area is 741 Å². The first-order chi connectivity index (χ1) is 63.0. The number of benzene rings is 4. The van der Waals surface area contributed by atoms with Crippen LogP contribution < -0.4 is 39.8 Å². The number of aromatic nitrogens is 22. The molecular weight excluding hydrogens is 1660 g/mol. The molecule has 4 atom stereocenters. The van der Waals surface area contributed by atoms with Gasteiger partial charge in [0.25, 0.3) is 17.7 Å². The molecule has 0 spiro atoms. The van der Waals surface area contributed by atoms with E-state index in [0.29, 0.717) is 121 Å². The number of rotatable bonds is 25. The zero-order chi connectivity index (χ0) is 89.6. The molecule has 0 saturated carbocycles. The van der Waals surface area contributed by atoms with E-state index in [1.165, 1.54) is 18.8 Å². The first-order valence-corrected chi connectivity index (χ1v) is 40.7. The first-order valence-electron chi connectivity index (χ1n) is 40.3. The minimum Gasteiger partial charge on any atom is -0.483 e. The molecule has 644 valence electrons. The highest BCUT2D eigenvalue weighted by atomic mass is 35.5. The summed E-state index contributed by atoms with van der Waals surface area (Å²) in [7, 11) is 0. The molecule has 37 nitrogen and oxygen atoms in total. The van der Waals surface area contributed by atoms with E-state index >= 15 is 0 Å². The van der Waals surface area contributed by atoms with E-state index in [4.69, 9.17) is 41.1 Å². The highest BCUT2D eigenvalue weighted by Crippen LogP contribution is 2.30. The van der Waals surface area contributed by atoms with Gasteiger partial charge < -0.3 is 34.1 Å². The largest absolute Gasteiger partial charge is 0.483 e. The van der Waals surface area contributed by atoms with E-state index in [1.807, 2.05) is 128 Å². The third kappa shape index (κ3) is 24.6. The Hall–Kier alpha value is -17.4. The van der Waals surface area contributed by atoms with Crippen molar-refractivity contribution in [3.8, 4) is 92.9 Å². The van der Waals surface area contributed by atoms with Crippen LogP contribution in [0.2, 0.25) is 5.02 Å². The zero-order valence-electron chi connectivity index (χ0n) is 69.2. The molecule has 0 bridgehead atoms. The SMILES string of the molecule is CC(Oc1ccc(C(=O)Nc2cnc(-c3ccccn3)[nH]2)cn1)c1ccccc1.CC(Oc1cccc(C#N)c1)C(=O)Cc1nc(-c2ccccn2)n[nH]1.CC(Oc1ccccc1C#N)C(=O)Cc1nc(-c2ccccn2)n[nH]1.O=C(Nc1n[nH]c(-c2ccccn2)n1)C1Cc2ccccc2O1.O=C(Nc1n[nH]c(-c2ccccn2)n1)c1nc(N2CCCCC2)ncc1Cl. The minimum absolute atomic E-state index is 0.0513. The molecule has 14 heterocycles. The zero-order valence-corrected chi connectivity index (χ0v) is 70.0. The number of fused-ring (bicyclic) bond motifs is 1. The van der Waals surface area contributed by atoms with Gasteiger partial charge in [-0.15, -0.1) is 10.2 Å². The number of ether oxygens (including phenoxy) is 4. The Morgan fingerprint density at radius 3 is 1.65 bits per heavy atom. The van der Waals surface area contributed by atoms with Crippen LogP contribution in [0, 0.1) is 22.7 Å². The third-order valence-corrected chi connectivity index (χ3v) is 19.4. The lowest BCUT2D eigenvalue weighted by molar-refractivity contribution is -0.125. The number of halogens is 1. The van der Waals surface area contributed by atoms with E-state index in [0.717, 1.165) is 42.8 Å². The molecular formula is C91H79ClN28O9. The molecule has 0 aliphatic carbocycles. The number of ketones is 2. The maximum atomic E-state index is 12.6. The monoisotopic (exact) mass is 1740 g/mol. The second-order valence-corrected chi connectivity index (χ2v) is 28.7. The number of imidazole rings is 1. The van der Waals surface area contributed by atoms with Crippen LogP contribution in [0.15, 0.2) is 256 Å². The summed E-state index contributed by atoms with van der Waals surface area (Å²) in [5, 5.41) is 53.3. The van der Waals surface area contributed by atoms with Crippen LogP contribution in [0.1, 0.15) is 101 Å². The minimum atomic E-state index is -0.710. The van der Waals surface area contributed by atoms with Gasteiger partial charge in [-0.3, -0.25) is 79.9 Å². The Kier molecular flexibility index (Phi) is 29.7. The molecule has 4 unspecified atom stereocenters. The van der Waals surface area contributed by atoms with Crippen LogP contribution in [0.3, 0.4) is 0 Å². The fourth-order valence-corrected chi connectivity index (χ4v) is 12.7. The summed E-state index contributed by atoms with van der Waals surface area (Å²) in [6.45, 7) is 7.01. The lowest BCUT2D eigenvalue weighted by Crippen LogP contribution is -2.31. The smallest absolute Gasteiger partial charge is 0.278 e. The van der Waals surface area contributed by atoms with Gasteiger partial charge in [0.2, 0.25) is 23.7 Å². The molecule has 2 aliphatic heterocycles. The molecule has 1 fully saturated rings. The quantitative estimate of drug-likeness (QED) is 0.0263. The predicted octanol–water partition coefficient (Wildman–Crippen LogP) is 13.3. The van der Waals surface area contributed by atoms with Crippen LogP contribution in [-0.2, 0) is 33.6 Å². The van der Waals surface area contributed by atoms with Crippen molar-refractivity contribution in [1.29, 1.82) is 10.5 Å². The summed E-state index contributed by atoms with van der Waals surface area (Å²) in [6.07, 6.45) is 14.7. The highest BCUT2D eigenvalue weighted by Gasteiger charge is 2.31. The Morgan fingerprint density at radius 1 is 0.504 bits per heavy atom. The number of para-hydroxylation sites is 2. The van der Waals surface area contributed by atoms with Gasteiger partial charge in [0, 0.05) is 62.8 Å². The maximum absolute atomic E-state index is 12.6. The van der Waals surface area contributed by atoms with Gasteiger partial charge in [0.15, 0.2) is 64.7 Å². The number of amides is 3. The van der Waals surface area contributed by atoms with Crippen molar-refractivity contribution in [3.63, 3.8) is 0 Å². The van der Waals surface area contributed by atoms with Crippen molar-refractivity contribution in [3.05, 3.63) is 306 Å². The van der Waals surface area contributed by atoms with Crippen LogP contribution in [0.25, 0.3) is 57.6 Å². The van der Waals surface area contributed by atoms with Gasteiger partial charge in [0.1, 0.15) is 75.4 Å². The molecule has 12 aromatic heterocycles. The topological polar surface area (TPSA) is 507 Å². The fraction of sp³-hybridized carbons (Fsp3) is 0.165. The van der Waals surface area contributed by atoms with Gasteiger partial charge >= 0.3 is 0 Å². The van der Waals surface area contributed by atoms with E-state index in [2.05, 4.69) is 131 Å². The second-order valence-electron chi connectivity index (χ2n) is 28.3. The number of carbonyl (C=O) groups is 5. The normalized spacial score (nSPS) is 12.9. The van der Waals surface area contributed by atoms with Crippen LogP contribution in [-0.4, -0.2) is 171 Å².